The van der Waals surface area contributed by atoms with Crippen LogP contribution >= 0.6 is 0 Å². The molecule has 0 aliphatic carbocycles. The summed E-state index contributed by atoms with van der Waals surface area (Å²) in [6.07, 6.45) is -3.04. The Balaban J connectivity index is 1.22. The number of alkyl halides is 3. The molecular weight excluding hydrogens is 546 g/mol. The lowest BCUT2D eigenvalue weighted by Gasteiger charge is -2.35. The molecule has 1 fully saturated rings. The summed E-state index contributed by atoms with van der Waals surface area (Å²) in [5.41, 5.74) is 0.294. The Kier molecular flexibility index (Phi) is 7.61. The number of nitrogens with zero attached hydrogens (tertiary/aromatic N) is 3. The average molecular weight is 572 g/mol. The fourth-order valence-electron chi connectivity index (χ4n) is 4.87. The lowest BCUT2D eigenvalue weighted by atomic mass is 10.1. The lowest BCUT2D eigenvalue weighted by molar-refractivity contribution is -0.138. The van der Waals surface area contributed by atoms with Gasteiger partial charge in [0.25, 0.3) is 5.91 Å². The minimum atomic E-state index is -4.59. The molecule has 0 atom stereocenters. The van der Waals surface area contributed by atoms with Crippen molar-refractivity contribution in [1.29, 1.82) is 0 Å². The Hall–Kier alpha value is -3.83. The molecular formula is C29H25F4N3O3S. The van der Waals surface area contributed by atoms with Crippen molar-refractivity contribution in [3.63, 3.8) is 0 Å². The monoisotopic (exact) mass is 571 g/mol. The Morgan fingerprint density at radius 3 is 2.30 bits per heavy atom. The number of halogens is 4. The van der Waals surface area contributed by atoms with Crippen LogP contribution in [0.1, 0.15) is 27.0 Å². The van der Waals surface area contributed by atoms with E-state index in [4.69, 9.17) is 0 Å². The number of carbonyl (C=O) groups excluding carboxylic acids is 1. The first-order chi connectivity index (χ1) is 19.0. The van der Waals surface area contributed by atoms with E-state index in [1.807, 2.05) is 0 Å². The first-order valence-electron chi connectivity index (χ1n) is 12.5. The second-order valence-corrected chi connectivity index (χ2v) is 11.6. The van der Waals surface area contributed by atoms with E-state index in [-0.39, 0.29) is 28.7 Å². The van der Waals surface area contributed by atoms with E-state index in [1.54, 1.807) is 64.5 Å². The maximum atomic E-state index is 13.6. The van der Waals surface area contributed by atoms with Gasteiger partial charge >= 0.3 is 6.18 Å². The number of carbonyl (C=O) groups is 1. The van der Waals surface area contributed by atoms with Gasteiger partial charge in [0.2, 0.25) is 0 Å². The van der Waals surface area contributed by atoms with Crippen molar-refractivity contribution in [2.45, 2.75) is 23.4 Å². The molecule has 208 valence electrons. The van der Waals surface area contributed by atoms with Crippen molar-refractivity contribution in [3.05, 3.63) is 107 Å². The summed E-state index contributed by atoms with van der Waals surface area (Å²) in [6, 6.07) is 17.3. The maximum absolute atomic E-state index is 13.6. The number of fused-ring (bicyclic) bond motifs is 1. The number of benzene rings is 3. The third-order valence-corrected chi connectivity index (χ3v) is 8.63. The predicted octanol–water partition coefficient (Wildman–Crippen LogP) is 5.32. The summed E-state index contributed by atoms with van der Waals surface area (Å²) in [4.78, 5) is 20.8. The van der Waals surface area contributed by atoms with Gasteiger partial charge in [0, 0.05) is 49.9 Å². The van der Waals surface area contributed by atoms with Crippen LogP contribution in [0.5, 0.6) is 0 Å². The Morgan fingerprint density at radius 1 is 0.900 bits per heavy atom. The lowest BCUT2D eigenvalue weighted by Crippen LogP contribution is -2.48. The molecule has 1 aromatic heterocycles. The molecule has 0 saturated carbocycles. The van der Waals surface area contributed by atoms with Crippen molar-refractivity contribution < 1.29 is 30.8 Å². The van der Waals surface area contributed by atoms with E-state index in [0.717, 1.165) is 23.6 Å². The molecule has 2 heterocycles. The summed E-state index contributed by atoms with van der Waals surface area (Å²) in [6.45, 7) is 1.16. The van der Waals surface area contributed by atoms with Gasteiger partial charge in [-0.25, -0.2) is 12.8 Å². The van der Waals surface area contributed by atoms with Gasteiger partial charge in [-0.2, -0.15) is 13.2 Å². The van der Waals surface area contributed by atoms with Crippen LogP contribution in [0.3, 0.4) is 0 Å². The SMILES string of the molecule is O=C(c1ccc(CS(=O)(=O)c2cccc3cccnc23)cc1)N1CCN(Cc2cc(F)ccc2C(F)(F)F)CC1. The zero-order chi connectivity index (χ0) is 28.5. The molecule has 0 bridgehead atoms. The van der Waals surface area contributed by atoms with Gasteiger partial charge in [-0.1, -0.05) is 30.3 Å². The Labute approximate surface area is 228 Å². The molecule has 11 heteroatoms. The predicted molar refractivity (Wildman–Crippen MR) is 142 cm³/mol. The average Bonchev–Trinajstić information content (AvgIpc) is 2.92. The molecule has 5 rings (SSSR count). The zero-order valence-electron chi connectivity index (χ0n) is 21.2. The number of amides is 1. The van der Waals surface area contributed by atoms with Crippen molar-refractivity contribution in [3.8, 4) is 0 Å². The van der Waals surface area contributed by atoms with Gasteiger partial charge < -0.3 is 4.90 Å². The number of rotatable bonds is 6. The van der Waals surface area contributed by atoms with Crippen LogP contribution in [0, 0.1) is 5.82 Å². The number of hydrogen-bond acceptors (Lipinski definition) is 5. The molecule has 6 nitrogen and oxygen atoms in total. The topological polar surface area (TPSA) is 70.6 Å². The molecule has 4 aromatic rings. The van der Waals surface area contributed by atoms with Crippen molar-refractivity contribution in [1.82, 2.24) is 14.8 Å². The normalized spacial score (nSPS) is 14.9. The minimum absolute atomic E-state index is 0.0793. The molecule has 1 aliphatic rings. The fourth-order valence-corrected chi connectivity index (χ4v) is 6.41. The molecule has 0 N–H and O–H groups in total. The van der Waals surface area contributed by atoms with Crippen molar-refractivity contribution >= 4 is 26.6 Å². The number of para-hydroxylation sites is 1. The van der Waals surface area contributed by atoms with Gasteiger partial charge in [-0.3, -0.25) is 14.7 Å². The first-order valence-corrected chi connectivity index (χ1v) is 14.2. The van der Waals surface area contributed by atoms with E-state index < -0.39 is 27.4 Å². The highest BCUT2D eigenvalue weighted by molar-refractivity contribution is 7.90. The van der Waals surface area contributed by atoms with Crippen LogP contribution in [0.2, 0.25) is 0 Å². The number of piperazine rings is 1. The van der Waals surface area contributed by atoms with Crippen molar-refractivity contribution in [2.75, 3.05) is 26.2 Å². The fraction of sp³-hybridized carbons (Fsp3) is 0.241. The number of pyridine rings is 1. The van der Waals surface area contributed by atoms with Gasteiger partial charge in [0.15, 0.2) is 9.84 Å². The molecule has 1 amide bonds. The number of hydrogen-bond donors (Lipinski definition) is 0. The highest BCUT2D eigenvalue weighted by atomic mass is 32.2. The molecule has 3 aromatic carbocycles. The second-order valence-electron chi connectivity index (χ2n) is 9.65. The summed E-state index contributed by atoms with van der Waals surface area (Å²) >= 11 is 0. The van der Waals surface area contributed by atoms with Gasteiger partial charge in [-0.05, 0) is 53.6 Å². The second kappa shape index (κ2) is 11.0. The van der Waals surface area contributed by atoms with E-state index in [1.165, 1.54) is 6.07 Å². The highest BCUT2D eigenvalue weighted by Crippen LogP contribution is 2.33. The van der Waals surface area contributed by atoms with E-state index in [0.29, 0.717) is 42.8 Å². The van der Waals surface area contributed by atoms with E-state index in [2.05, 4.69) is 4.98 Å². The summed E-state index contributed by atoms with van der Waals surface area (Å²) in [5, 5.41) is 0.723. The molecule has 1 saturated heterocycles. The highest BCUT2D eigenvalue weighted by Gasteiger charge is 2.34. The number of sulfone groups is 1. The third kappa shape index (κ3) is 6.00. The van der Waals surface area contributed by atoms with Crippen LogP contribution in [0.4, 0.5) is 17.6 Å². The quantitative estimate of drug-likeness (QED) is 0.293. The van der Waals surface area contributed by atoms with Crippen LogP contribution in [0.15, 0.2) is 83.9 Å². The minimum Gasteiger partial charge on any atom is -0.336 e. The van der Waals surface area contributed by atoms with Crippen LogP contribution in [-0.4, -0.2) is 55.3 Å². The third-order valence-electron chi connectivity index (χ3n) is 6.91. The first kappa shape index (κ1) is 27.7. The van der Waals surface area contributed by atoms with Gasteiger partial charge in [0.05, 0.1) is 21.7 Å². The van der Waals surface area contributed by atoms with Crippen molar-refractivity contribution in [2.24, 2.45) is 0 Å². The number of aromatic nitrogens is 1. The summed E-state index contributed by atoms with van der Waals surface area (Å²) in [5.74, 6) is -1.24. The molecule has 0 radical (unpaired) electrons. The molecule has 0 spiro atoms. The largest absolute Gasteiger partial charge is 0.416 e. The summed E-state index contributed by atoms with van der Waals surface area (Å²) < 4.78 is 79.9. The van der Waals surface area contributed by atoms with Crippen LogP contribution in [-0.2, 0) is 28.3 Å². The standard InChI is InChI=1S/C29H25F4N3O3S/c30-24-10-11-25(29(31,32)33)23(17-24)18-35-13-15-36(16-14-35)28(37)22-8-6-20(7-9-22)19-40(38,39)26-5-1-3-21-4-2-12-34-27(21)26/h1-12,17H,13-16,18-19H2. The maximum Gasteiger partial charge on any atom is 0.416 e. The Morgan fingerprint density at radius 2 is 1.60 bits per heavy atom. The van der Waals surface area contributed by atoms with E-state index >= 15 is 0 Å². The van der Waals surface area contributed by atoms with Crippen LogP contribution in [0.25, 0.3) is 10.9 Å². The van der Waals surface area contributed by atoms with Crippen LogP contribution < -0.4 is 0 Å². The van der Waals surface area contributed by atoms with E-state index in [9.17, 15) is 30.8 Å². The Bertz CT molecular complexity index is 1640. The van der Waals surface area contributed by atoms with Gasteiger partial charge in [0.1, 0.15) is 5.82 Å². The summed E-state index contributed by atoms with van der Waals surface area (Å²) in [7, 11) is -3.70. The molecule has 0 unspecified atom stereocenters. The smallest absolute Gasteiger partial charge is 0.336 e. The van der Waals surface area contributed by atoms with Gasteiger partial charge in [-0.15, -0.1) is 0 Å². The molecule has 40 heavy (non-hydrogen) atoms. The zero-order valence-corrected chi connectivity index (χ0v) is 22.1. The molecule has 1 aliphatic heterocycles.